The van der Waals surface area contributed by atoms with E-state index in [1.165, 1.54) is 24.3 Å². The van der Waals surface area contributed by atoms with Crippen LogP contribution >= 0.6 is 0 Å². The molecule has 7 heteroatoms. The van der Waals surface area contributed by atoms with E-state index in [1.54, 1.807) is 27.7 Å². The van der Waals surface area contributed by atoms with Gasteiger partial charge in [-0.2, -0.15) is 0 Å². The smallest absolute Gasteiger partial charge is 0.316 e. The Bertz CT molecular complexity index is 773. The van der Waals surface area contributed by atoms with Crippen molar-refractivity contribution in [3.8, 4) is 5.75 Å². The van der Waals surface area contributed by atoms with E-state index in [0.717, 1.165) is 25.9 Å². The lowest BCUT2D eigenvalue weighted by Crippen LogP contribution is -2.33. The molecule has 0 amide bonds. The molecule has 2 rings (SSSR count). The van der Waals surface area contributed by atoms with Crippen molar-refractivity contribution in [2.75, 3.05) is 13.1 Å². The van der Waals surface area contributed by atoms with Crippen molar-refractivity contribution in [2.24, 2.45) is 11.3 Å². The number of hydrogen-bond acceptors (Lipinski definition) is 6. The van der Waals surface area contributed by atoms with E-state index in [4.69, 9.17) is 10.1 Å². The summed E-state index contributed by atoms with van der Waals surface area (Å²) in [6.07, 6.45) is 2.02. The lowest BCUT2D eigenvalue weighted by atomic mass is 9.91. The van der Waals surface area contributed by atoms with E-state index < -0.39 is 20.5 Å². The zero-order chi connectivity index (χ0) is 20.2. The summed E-state index contributed by atoms with van der Waals surface area (Å²) in [6.45, 7) is 8.68. The molecule has 0 bridgehead atoms. The first-order valence-electron chi connectivity index (χ1n) is 9.36. The molecule has 0 saturated carbocycles. The molecule has 0 spiro atoms. The highest BCUT2D eigenvalue weighted by atomic mass is 32.2. The lowest BCUT2D eigenvalue weighted by molar-refractivity contribution is -0.143. The van der Waals surface area contributed by atoms with Gasteiger partial charge in [0, 0.05) is 12.1 Å². The molecule has 1 aliphatic rings. The fourth-order valence-electron chi connectivity index (χ4n) is 2.95. The molecule has 2 N–H and O–H groups in total. The van der Waals surface area contributed by atoms with Crippen molar-refractivity contribution < 1.29 is 17.9 Å². The van der Waals surface area contributed by atoms with Crippen molar-refractivity contribution >= 4 is 21.5 Å². The van der Waals surface area contributed by atoms with Gasteiger partial charge in [-0.25, -0.2) is 8.42 Å². The fraction of sp³-hybridized carbons (Fsp3) is 0.600. The third-order valence-electron chi connectivity index (χ3n) is 4.84. The monoisotopic (exact) mass is 394 g/mol. The van der Waals surface area contributed by atoms with Crippen molar-refractivity contribution in [1.29, 1.82) is 5.41 Å². The van der Waals surface area contributed by atoms with Gasteiger partial charge >= 0.3 is 5.97 Å². The average Bonchev–Trinajstić information content (AvgIpc) is 2.62. The van der Waals surface area contributed by atoms with Crippen molar-refractivity contribution in [1.82, 2.24) is 5.32 Å². The second-order valence-corrected chi connectivity index (χ2v) is 10.6. The van der Waals surface area contributed by atoms with Crippen molar-refractivity contribution in [2.45, 2.75) is 57.1 Å². The van der Waals surface area contributed by atoms with Gasteiger partial charge in [-0.05, 0) is 83.8 Å². The highest BCUT2D eigenvalue weighted by Crippen LogP contribution is 2.25. The van der Waals surface area contributed by atoms with E-state index in [1.807, 2.05) is 0 Å². The van der Waals surface area contributed by atoms with E-state index in [2.05, 4.69) is 5.32 Å². The molecule has 1 aliphatic heterocycles. The molecule has 0 aliphatic carbocycles. The van der Waals surface area contributed by atoms with Crippen LogP contribution in [0.5, 0.6) is 5.75 Å². The summed E-state index contributed by atoms with van der Waals surface area (Å²) in [4.78, 5) is 12.1. The molecule has 1 fully saturated rings. The highest BCUT2D eigenvalue weighted by molar-refractivity contribution is 7.92. The lowest BCUT2D eigenvalue weighted by Gasteiger charge is -2.25. The Hall–Kier alpha value is -1.73. The van der Waals surface area contributed by atoms with Crippen molar-refractivity contribution in [3.05, 3.63) is 24.3 Å². The van der Waals surface area contributed by atoms with Crippen molar-refractivity contribution in [3.63, 3.8) is 0 Å². The number of sulfone groups is 1. The number of benzene rings is 1. The van der Waals surface area contributed by atoms with Gasteiger partial charge in [0.15, 0.2) is 9.84 Å². The van der Waals surface area contributed by atoms with Crippen LogP contribution < -0.4 is 10.1 Å². The predicted octanol–water partition coefficient (Wildman–Crippen LogP) is 3.21. The molecular weight excluding hydrogens is 364 g/mol. The summed E-state index contributed by atoms with van der Waals surface area (Å²) in [6, 6.07) is 5.93. The number of piperidine rings is 1. The first-order valence-corrected chi connectivity index (χ1v) is 10.9. The number of carbonyl (C=O) groups is 1. The molecule has 1 saturated heterocycles. The summed E-state index contributed by atoms with van der Waals surface area (Å²) >= 11 is 0. The molecule has 1 unspecified atom stereocenters. The van der Waals surface area contributed by atoms with Crippen LogP contribution in [-0.4, -0.2) is 38.4 Å². The number of carbonyl (C=O) groups excluding carboxylic acids is 1. The summed E-state index contributed by atoms with van der Waals surface area (Å²) in [5.41, 5.74) is -0.114. The fourth-order valence-corrected chi connectivity index (χ4v) is 4.33. The number of hydrogen-bond donors (Lipinski definition) is 2. The number of rotatable bonds is 6. The topological polar surface area (TPSA) is 96.3 Å². The standard InChI is InChI=1S/C20H30N2O4S/c1-14(13-18(21)15-9-11-22-12-10-15)27(24,25)17-7-5-16(6-8-17)26-19(23)20(2,3)4/h5-8,14-15,21-22H,9-13H2,1-4H3. The van der Waals surface area contributed by atoms with Crippen LogP contribution in [0.4, 0.5) is 0 Å². The maximum absolute atomic E-state index is 12.8. The Labute approximate surface area is 162 Å². The van der Waals surface area contributed by atoms with E-state index in [0.29, 0.717) is 11.5 Å². The van der Waals surface area contributed by atoms with E-state index in [-0.39, 0.29) is 23.2 Å². The van der Waals surface area contributed by atoms with Gasteiger partial charge in [0.05, 0.1) is 15.6 Å². The maximum Gasteiger partial charge on any atom is 0.316 e. The second kappa shape index (κ2) is 8.52. The van der Waals surface area contributed by atoms with Gasteiger partial charge in [0.2, 0.25) is 0 Å². The molecule has 0 aromatic heterocycles. The maximum atomic E-state index is 12.8. The normalized spacial score (nSPS) is 17.3. The van der Waals surface area contributed by atoms with Crippen LogP contribution in [0.25, 0.3) is 0 Å². The molecular formula is C20H30N2O4S. The molecule has 0 radical (unpaired) electrons. The third-order valence-corrected chi connectivity index (χ3v) is 7.00. The van der Waals surface area contributed by atoms with E-state index >= 15 is 0 Å². The van der Waals surface area contributed by atoms with Crippen LogP contribution in [0.2, 0.25) is 0 Å². The van der Waals surface area contributed by atoms with Gasteiger partial charge in [-0.15, -0.1) is 0 Å². The minimum absolute atomic E-state index is 0.170. The van der Waals surface area contributed by atoms with Crippen LogP contribution in [0.3, 0.4) is 0 Å². The third kappa shape index (κ3) is 5.62. The van der Waals surface area contributed by atoms with Crippen LogP contribution in [0.15, 0.2) is 29.2 Å². The van der Waals surface area contributed by atoms with Gasteiger partial charge in [0.1, 0.15) is 5.75 Å². The number of ether oxygens (including phenoxy) is 1. The van der Waals surface area contributed by atoms with Crippen LogP contribution in [-0.2, 0) is 14.6 Å². The Morgan fingerprint density at radius 2 is 1.78 bits per heavy atom. The molecule has 1 atom stereocenters. The predicted molar refractivity (Wildman–Crippen MR) is 106 cm³/mol. The zero-order valence-corrected chi connectivity index (χ0v) is 17.4. The number of esters is 1. The molecule has 1 heterocycles. The first-order chi connectivity index (χ1) is 12.5. The summed E-state index contributed by atoms with van der Waals surface area (Å²) in [5.74, 6) is 0.119. The minimum atomic E-state index is -3.54. The minimum Gasteiger partial charge on any atom is -0.426 e. The van der Waals surface area contributed by atoms with Crippen LogP contribution in [0.1, 0.15) is 47.0 Å². The molecule has 6 nitrogen and oxygen atoms in total. The van der Waals surface area contributed by atoms with Gasteiger partial charge in [0.25, 0.3) is 0 Å². The van der Waals surface area contributed by atoms with E-state index in [9.17, 15) is 13.2 Å². The molecule has 150 valence electrons. The van der Waals surface area contributed by atoms with Gasteiger partial charge in [-0.3, -0.25) is 4.79 Å². The average molecular weight is 395 g/mol. The summed E-state index contributed by atoms with van der Waals surface area (Å²) < 4.78 is 30.9. The molecule has 27 heavy (non-hydrogen) atoms. The molecule has 1 aromatic rings. The summed E-state index contributed by atoms with van der Waals surface area (Å²) in [5, 5.41) is 10.9. The Morgan fingerprint density at radius 3 is 2.30 bits per heavy atom. The summed E-state index contributed by atoms with van der Waals surface area (Å²) in [7, 11) is -3.54. The van der Waals surface area contributed by atoms with Gasteiger partial charge in [-0.1, -0.05) is 0 Å². The number of nitrogens with one attached hydrogen (secondary N) is 2. The van der Waals surface area contributed by atoms with Gasteiger partial charge < -0.3 is 15.5 Å². The molecule has 1 aromatic carbocycles. The van der Waals surface area contributed by atoms with Crippen LogP contribution in [0, 0.1) is 16.7 Å². The quantitative estimate of drug-likeness (QED) is 0.439. The Balaban J connectivity index is 2.04. The SMILES string of the molecule is CC(CC(=N)C1CCNCC1)S(=O)(=O)c1ccc(OC(=O)C(C)(C)C)cc1. The Morgan fingerprint density at radius 1 is 1.22 bits per heavy atom. The zero-order valence-electron chi connectivity index (χ0n) is 16.5. The Kier molecular flexibility index (Phi) is 6.81. The second-order valence-electron chi connectivity index (χ2n) is 8.22. The highest BCUT2D eigenvalue weighted by Gasteiger charge is 2.28. The largest absolute Gasteiger partial charge is 0.426 e. The first kappa shape index (κ1) is 21.6.